The van der Waals surface area contributed by atoms with Crippen molar-refractivity contribution in [1.29, 1.82) is 0 Å². The third-order valence-corrected chi connectivity index (χ3v) is 4.43. The summed E-state index contributed by atoms with van der Waals surface area (Å²) in [6, 6.07) is 0. The summed E-state index contributed by atoms with van der Waals surface area (Å²) >= 11 is 0. The fourth-order valence-corrected chi connectivity index (χ4v) is 2.74. The molecule has 5 N–H and O–H groups in total. The average Bonchev–Trinajstić information content (AvgIpc) is 2.75. The van der Waals surface area contributed by atoms with E-state index in [0.29, 0.717) is 57.4 Å². The average molecular weight is 426 g/mol. The number of nitrogens with two attached hydrogens (primary N) is 1. The Morgan fingerprint density at radius 1 is 0.600 bits per heavy atom. The largest absolute Gasteiger partial charge is 0.378 e. The highest BCUT2D eigenvalue weighted by molar-refractivity contribution is 5.42. The van der Waals surface area contributed by atoms with Crippen LogP contribution in [0.4, 0.5) is 17.8 Å². The van der Waals surface area contributed by atoms with Gasteiger partial charge in [-0.3, -0.25) is 0 Å². The number of ether oxygens (including phenoxy) is 2. The normalized spacial score (nSPS) is 10.9. The van der Waals surface area contributed by atoms with Crippen LogP contribution in [0.2, 0.25) is 0 Å². The summed E-state index contributed by atoms with van der Waals surface area (Å²) in [4.78, 5) is 13.4. The molecule has 1 rings (SSSR count). The van der Waals surface area contributed by atoms with Crippen molar-refractivity contribution >= 4 is 17.8 Å². The predicted molar refractivity (Wildman–Crippen MR) is 124 cm³/mol. The second kappa shape index (κ2) is 19.3. The molecule has 0 bridgehead atoms. The third kappa shape index (κ3) is 14.3. The van der Waals surface area contributed by atoms with Crippen LogP contribution >= 0.6 is 0 Å². The first-order valence-corrected chi connectivity index (χ1v) is 11.6. The van der Waals surface area contributed by atoms with Crippen LogP contribution in [0.15, 0.2) is 0 Å². The lowest BCUT2D eigenvalue weighted by Crippen LogP contribution is -2.17. The zero-order chi connectivity index (χ0) is 21.7. The summed E-state index contributed by atoms with van der Waals surface area (Å²) in [5, 5.41) is 9.83. The van der Waals surface area contributed by atoms with Gasteiger partial charge < -0.3 is 31.2 Å². The van der Waals surface area contributed by atoms with Crippen molar-refractivity contribution in [1.82, 2.24) is 15.0 Å². The van der Waals surface area contributed by atoms with E-state index in [-0.39, 0.29) is 0 Å². The summed E-state index contributed by atoms with van der Waals surface area (Å²) in [6.07, 6.45) is 9.78. The minimum absolute atomic E-state index is 0.533. The van der Waals surface area contributed by atoms with Crippen LogP contribution < -0.4 is 21.7 Å². The van der Waals surface area contributed by atoms with E-state index in [1.54, 1.807) is 0 Å². The maximum Gasteiger partial charge on any atom is 0.229 e. The van der Waals surface area contributed by atoms with Crippen molar-refractivity contribution in [2.45, 2.75) is 65.2 Å². The zero-order valence-corrected chi connectivity index (χ0v) is 19.0. The Labute approximate surface area is 182 Å². The number of anilines is 3. The molecular formula is C21H43N7O2. The molecule has 0 aliphatic rings. The van der Waals surface area contributed by atoms with Gasteiger partial charge in [0.05, 0.1) is 26.4 Å². The molecule has 0 radical (unpaired) electrons. The van der Waals surface area contributed by atoms with Crippen LogP contribution in [0.1, 0.15) is 65.2 Å². The number of hydrogen-bond donors (Lipinski definition) is 4. The second-order valence-corrected chi connectivity index (χ2v) is 7.22. The molecule has 174 valence electrons. The molecule has 0 aliphatic heterocycles. The van der Waals surface area contributed by atoms with E-state index in [4.69, 9.17) is 15.2 Å². The lowest BCUT2D eigenvalue weighted by atomic mass is 10.1. The third-order valence-electron chi connectivity index (χ3n) is 4.43. The number of nitrogens with zero attached hydrogens (tertiary/aromatic N) is 3. The Balaban J connectivity index is 2.39. The maximum atomic E-state index is 5.53. The molecule has 0 fully saturated rings. The van der Waals surface area contributed by atoms with Crippen LogP contribution in [0, 0.1) is 0 Å². The zero-order valence-electron chi connectivity index (χ0n) is 19.0. The van der Waals surface area contributed by atoms with Crippen LogP contribution in [0.3, 0.4) is 0 Å². The molecule has 1 heterocycles. The van der Waals surface area contributed by atoms with Gasteiger partial charge in [-0.2, -0.15) is 15.0 Å². The van der Waals surface area contributed by atoms with Crippen LogP contribution in [-0.4, -0.2) is 67.6 Å². The number of aromatic nitrogens is 3. The van der Waals surface area contributed by atoms with Gasteiger partial charge in [-0.1, -0.05) is 52.4 Å². The standard InChI is InChI=1S/C21H43N7O2/c1-3-5-7-8-9-10-13-24-20-26-19(23-12-6-4-2)27-21(28-20)25-14-16-30-18-17-29-15-11-22/h3-18,22H2,1-2H3,(H3,23,24,25,26,27,28). The molecular weight excluding hydrogens is 382 g/mol. The van der Waals surface area contributed by atoms with Crippen molar-refractivity contribution < 1.29 is 9.47 Å². The van der Waals surface area contributed by atoms with Crippen molar-refractivity contribution in [3.05, 3.63) is 0 Å². The molecule has 0 saturated carbocycles. The highest BCUT2D eigenvalue weighted by Crippen LogP contribution is 2.11. The van der Waals surface area contributed by atoms with Gasteiger partial charge in [0.1, 0.15) is 0 Å². The number of hydrogen-bond acceptors (Lipinski definition) is 9. The van der Waals surface area contributed by atoms with Gasteiger partial charge >= 0.3 is 0 Å². The molecule has 9 heteroatoms. The van der Waals surface area contributed by atoms with E-state index < -0.39 is 0 Å². The molecule has 1 aromatic rings. The van der Waals surface area contributed by atoms with Gasteiger partial charge in [-0.25, -0.2) is 0 Å². The Morgan fingerprint density at radius 3 is 1.70 bits per heavy atom. The van der Waals surface area contributed by atoms with E-state index >= 15 is 0 Å². The summed E-state index contributed by atoms with van der Waals surface area (Å²) in [5.74, 6) is 1.76. The minimum atomic E-state index is 0.533. The first-order valence-electron chi connectivity index (χ1n) is 11.6. The molecule has 0 atom stereocenters. The first kappa shape index (κ1) is 26.3. The van der Waals surface area contributed by atoms with E-state index in [0.717, 1.165) is 32.4 Å². The molecule has 0 aromatic carbocycles. The van der Waals surface area contributed by atoms with Gasteiger partial charge in [0.2, 0.25) is 17.8 Å². The van der Waals surface area contributed by atoms with Gasteiger partial charge in [0.15, 0.2) is 0 Å². The summed E-state index contributed by atoms with van der Waals surface area (Å²) < 4.78 is 10.8. The molecule has 0 saturated heterocycles. The topological polar surface area (TPSA) is 119 Å². The lowest BCUT2D eigenvalue weighted by Gasteiger charge is -2.11. The van der Waals surface area contributed by atoms with E-state index in [1.807, 2.05) is 0 Å². The SMILES string of the molecule is CCCCCCCCNc1nc(NCCCC)nc(NCCOCCOCCN)n1. The molecule has 0 unspecified atom stereocenters. The molecule has 9 nitrogen and oxygen atoms in total. The van der Waals surface area contributed by atoms with E-state index in [1.165, 1.54) is 32.1 Å². The monoisotopic (exact) mass is 425 g/mol. The second-order valence-electron chi connectivity index (χ2n) is 7.22. The quantitative estimate of drug-likeness (QED) is 0.220. The molecule has 0 amide bonds. The van der Waals surface area contributed by atoms with Crippen molar-refractivity contribution in [3.8, 4) is 0 Å². The predicted octanol–water partition coefficient (Wildman–Crippen LogP) is 3.26. The Hall–Kier alpha value is -1.71. The highest BCUT2D eigenvalue weighted by Gasteiger charge is 2.06. The Morgan fingerprint density at radius 2 is 1.10 bits per heavy atom. The van der Waals surface area contributed by atoms with Crippen molar-refractivity contribution in [2.75, 3.05) is 68.6 Å². The fourth-order valence-electron chi connectivity index (χ4n) is 2.74. The van der Waals surface area contributed by atoms with E-state index in [9.17, 15) is 0 Å². The summed E-state index contributed by atoms with van der Waals surface area (Å²) in [5.41, 5.74) is 5.38. The number of rotatable bonds is 21. The van der Waals surface area contributed by atoms with Crippen LogP contribution in [0.25, 0.3) is 0 Å². The smallest absolute Gasteiger partial charge is 0.229 e. The molecule has 0 spiro atoms. The first-order chi connectivity index (χ1) is 14.8. The van der Waals surface area contributed by atoms with Gasteiger partial charge in [0, 0.05) is 26.2 Å². The fraction of sp³-hybridized carbons (Fsp3) is 0.857. The molecule has 30 heavy (non-hydrogen) atoms. The lowest BCUT2D eigenvalue weighted by molar-refractivity contribution is 0.0547. The molecule has 0 aliphatic carbocycles. The van der Waals surface area contributed by atoms with Crippen molar-refractivity contribution in [2.24, 2.45) is 5.73 Å². The van der Waals surface area contributed by atoms with Gasteiger partial charge in [-0.05, 0) is 12.8 Å². The number of nitrogens with one attached hydrogen (secondary N) is 3. The Kier molecular flexibility index (Phi) is 16.9. The highest BCUT2D eigenvalue weighted by atomic mass is 16.5. The van der Waals surface area contributed by atoms with Gasteiger partial charge in [0.25, 0.3) is 0 Å². The minimum Gasteiger partial charge on any atom is -0.378 e. The van der Waals surface area contributed by atoms with Gasteiger partial charge in [-0.15, -0.1) is 0 Å². The van der Waals surface area contributed by atoms with Crippen LogP contribution in [-0.2, 0) is 9.47 Å². The summed E-state index contributed by atoms with van der Waals surface area (Å²) in [6.45, 7) is 9.50. The molecule has 1 aromatic heterocycles. The van der Waals surface area contributed by atoms with Crippen molar-refractivity contribution in [3.63, 3.8) is 0 Å². The number of unbranched alkanes of at least 4 members (excludes halogenated alkanes) is 6. The maximum absolute atomic E-state index is 5.53. The Bertz CT molecular complexity index is 520. The van der Waals surface area contributed by atoms with Crippen LogP contribution in [0.5, 0.6) is 0 Å². The summed E-state index contributed by atoms with van der Waals surface area (Å²) in [7, 11) is 0. The van der Waals surface area contributed by atoms with E-state index in [2.05, 4.69) is 44.7 Å².